The predicted molar refractivity (Wildman–Crippen MR) is 117 cm³/mol. The first kappa shape index (κ1) is 19.7. The van der Waals surface area contributed by atoms with Crippen LogP contribution < -0.4 is 14.8 Å². The van der Waals surface area contributed by atoms with Gasteiger partial charge in [-0.3, -0.25) is 4.72 Å². The zero-order valence-electron chi connectivity index (χ0n) is 16.2. The standard InChI is InChI=1S/C22H20N4O3S/c1-29-20-14-8-5-9-16(20)15-23-21-22(25-19-13-7-6-12-18(19)24-21)26-30(27,28)17-10-3-2-4-11-17/h2-14H,15H2,1H3,(H,23,24)(H,25,26). The first-order valence-corrected chi connectivity index (χ1v) is 10.8. The Morgan fingerprint density at radius 2 is 1.40 bits per heavy atom. The fourth-order valence-electron chi connectivity index (χ4n) is 3.01. The van der Waals surface area contributed by atoms with Gasteiger partial charge < -0.3 is 10.1 Å². The second-order valence-corrected chi connectivity index (χ2v) is 8.18. The van der Waals surface area contributed by atoms with Crippen LogP contribution in [0.15, 0.2) is 83.8 Å². The molecule has 0 spiro atoms. The van der Waals surface area contributed by atoms with Gasteiger partial charge in [0.2, 0.25) is 0 Å². The summed E-state index contributed by atoms with van der Waals surface area (Å²) in [6, 6.07) is 23.0. The topological polar surface area (TPSA) is 93.2 Å². The summed E-state index contributed by atoms with van der Waals surface area (Å²) in [5.74, 6) is 1.19. The lowest BCUT2D eigenvalue weighted by atomic mass is 10.2. The first-order valence-electron chi connectivity index (χ1n) is 9.27. The Morgan fingerprint density at radius 3 is 2.10 bits per heavy atom. The van der Waals surface area contributed by atoms with Crippen molar-refractivity contribution in [2.24, 2.45) is 0 Å². The number of fused-ring (bicyclic) bond motifs is 1. The van der Waals surface area contributed by atoms with E-state index < -0.39 is 10.0 Å². The number of sulfonamides is 1. The third kappa shape index (κ3) is 4.18. The van der Waals surface area contributed by atoms with E-state index in [0.29, 0.717) is 23.4 Å². The van der Waals surface area contributed by atoms with Crippen LogP contribution in [0.25, 0.3) is 11.0 Å². The van der Waals surface area contributed by atoms with Crippen LogP contribution in [-0.2, 0) is 16.6 Å². The lowest BCUT2D eigenvalue weighted by Gasteiger charge is -2.15. The number of nitrogens with zero attached hydrogens (tertiary/aromatic N) is 2. The average Bonchev–Trinajstić information content (AvgIpc) is 2.78. The molecule has 4 aromatic rings. The molecule has 1 aromatic heterocycles. The van der Waals surface area contributed by atoms with E-state index >= 15 is 0 Å². The van der Waals surface area contributed by atoms with Crippen LogP contribution in [0.2, 0.25) is 0 Å². The molecule has 2 N–H and O–H groups in total. The minimum Gasteiger partial charge on any atom is -0.496 e. The fraction of sp³-hybridized carbons (Fsp3) is 0.0909. The second-order valence-electron chi connectivity index (χ2n) is 6.49. The number of benzene rings is 3. The summed E-state index contributed by atoms with van der Waals surface area (Å²) < 4.78 is 33.6. The molecule has 8 heteroatoms. The molecule has 0 saturated carbocycles. The highest BCUT2D eigenvalue weighted by Gasteiger charge is 2.18. The van der Waals surface area contributed by atoms with E-state index in [4.69, 9.17) is 4.74 Å². The van der Waals surface area contributed by atoms with Crippen molar-refractivity contribution in [1.29, 1.82) is 0 Å². The number of ether oxygens (including phenoxy) is 1. The monoisotopic (exact) mass is 420 g/mol. The van der Waals surface area contributed by atoms with E-state index in [9.17, 15) is 8.42 Å². The second kappa shape index (κ2) is 8.38. The van der Waals surface area contributed by atoms with Gasteiger partial charge in [0.25, 0.3) is 10.0 Å². The molecule has 0 bridgehead atoms. The molecule has 152 valence electrons. The fourth-order valence-corrected chi connectivity index (χ4v) is 4.04. The molecule has 0 atom stereocenters. The molecule has 0 aliphatic heterocycles. The number of hydrogen-bond acceptors (Lipinski definition) is 6. The molecule has 0 aliphatic rings. The third-order valence-corrected chi connectivity index (χ3v) is 5.85. The number of nitrogens with one attached hydrogen (secondary N) is 2. The number of anilines is 2. The Hall–Kier alpha value is -3.65. The van der Waals surface area contributed by atoms with Gasteiger partial charge in [-0.15, -0.1) is 0 Å². The number of methoxy groups -OCH3 is 1. The van der Waals surface area contributed by atoms with Crippen molar-refractivity contribution >= 4 is 32.7 Å². The first-order chi connectivity index (χ1) is 14.6. The van der Waals surface area contributed by atoms with Crippen molar-refractivity contribution in [3.63, 3.8) is 0 Å². The average molecular weight is 420 g/mol. The number of rotatable bonds is 7. The van der Waals surface area contributed by atoms with Crippen LogP contribution in [0.5, 0.6) is 5.75 Å². The SMILES string of the molecule is COc1ccccc1CNc1nc2ccccc2nc1NS(=O)(=O)c1ccccc1. The predicted octanol–water partition coefficient (Wildman–Crippen LogP) is 4.05. The van der Waals surface area contributed by atoms with Crippen molar-refractivity contribution in [3.8, 4) is 5.75 Å². The van der Waals surface area contributed by atoms with Crippen molar-refractivity contribution in [1.82, 2.24) is 9.97 Å². The Morgan fingerprint density at radius 1 is 0.800 bits per heavy atom. The number of hydrogen-bond donors (Lipinski definition) is 2. The van der Waals surface area contributed by atoms with Gasteiger partial charge in [-0.1, -0.05) is 48.5 Å². The Bertz CT molecular complexity index is 1280. The van der Waals surface area contributed by atoms with Gasteiger partial charge in [-0.25, -0.2) is 18.4 Å². The summed E-state index contributed by atoms with van der Waals surface area (Å²) in [5.41, 5.74) is 2.15. The van der Waals surface area contributed by atoms with Crippen molar-refractivity contribution in [2.75, 3.05) is 17.1 Å². The van der Waals surface area contributed by atoms with Crippen LogP contribution >= 0.6 is 0 Å². The summed E-state index contributed by atoms with van der Waals surface area (Å²) in [5, 5.41) is 3.19. The van der Waals surface area contributed by atoms with Crippen LogP contribution in [0, 0.1) is 0 Å². The molecule has 1 heterocycles. The van der Waals surface area contributed by atoms with Crippen LogP contribution in [0.3, 0.4) is 0 Å². The maximum atomic E-state index is 12.8. The lowest BCUT2D eigenvalue weighted by Crippen LogP contribution is -2.16. The van der Waals surface area contributed by atoms with Gasteiger partial charge in [0, 0.05) is 12.1 Å². The van der Waals surface area contributed by atoms with Gasteiger partial charge in [0.15, 0.2) is 11.6 Å². The van der Waals surface area contributed by atoms with Crippen LogP contribution in [0.4, 0.5) is 11.6 Å². The zero-order chi connectivity index (χ0) is 21.0. The van der Waals surface area contributed by atoms with Gasteiger partial charge in [0.05, 0.1) is 23.0 Å². The van der Waals surface area contributed by atoms with E-state index in [2.05, 4.69) is 20.0 Å². The van der Waals surface area contributed by atoms with Crippen molar-refractivity contribution in [3.05, 3.63) is 84.4 Å². The molecular formula is C22H20N4O3S. The maximum absolute atomic E-state index is 12.8. The van der Waals surface area contributed by atoms with Crippen LogP contribution in [-0.4, -0.2) is 25.5 Å². The Balaban J connectivity index is 1.71. The highest BCUT2D eigenvalue weighted by molar-refractivity contribution is 7.92. The summed E-state index contributed by atoms with van der Waals surface area (Å²) >= 11 is 0. The van der Waals surface area contributed by atoms with Gasteiger partial charge >= 0.3 is 0 Å². The van der Waals surface area contributed by atoms with E-state index in [0.717, 1.165) is 11.3 Å². The van der Waals surface area contributed by atoms with Gasteiger partial charge in [-0.2, -0.15) is 0 Å². The van der Waals surface area contributed by atoms with Crippen molar-refractivity contribution in [2.45, 2.75) is 11.4 Å². The summed E-state index contributed by atoms with van der Waals surface area (Å²) in [6.07, 6.45) is 0. The summed E-state index contributed by atoms with van der Waals surface area (Å²) in [6.45, 7) is 0.386. The molecule has 30 heavy (non-hydrogen) atoms. The lowest BCUT2D eigenvalue weighted by molar-refractivity contribution is 0.410. The van der Waals surface area contributed by atoms with E-state index in [1.54, 1.807) is 31.4 Å². The highest BCUT2D eigenvalue weighted by Crippen LogP contribution is 2.26. The maximum Gasteiger partial charge on any atom is 0.263 e. The third-order valence-electron chi connectivity index (χ3n) is 4.49. The number of aromatic nitrogens is 2. The normalized spacial score (nSPS) is 11.2. The number of para-hydroxylation sites is 3. The van der Waals surface area contributed by atoms with E-state index in [1.165, 1.54) is 12.1 Å². The van der Waals surface area contributed by atoms with Crippen LogP contribution in [0.1, 0.15) is 5.56 Å². The molecule has 0 unspecified atom stereocenters. The van der Waals surface area contributed by atoms with Gasteiger partial charge in [0.1, 0.15) is 5.75 Å². The smallest absolute Gasteiger partial charge is 0.263 e. The molecule has 0 radical (unpaired) electrons. The molecule has 0 saturated heterocycles. The Kier molecular flexibility index (Phi) is 5.49. The molecule has 7 nitrogen and oxygen atoms in total. The molecule has 0 aliphatic carbocycles. The largest absolute Gasteiger partial charge is 0.496 e. The quantitative estimate of drug-likeness (QED) is 0.469. The molecule has 4 rings (SSSR count). The van der Waals surface area contributed by atoms with E-state index in [1.807, 2.05) is 42.5 Å². The Labute approximate surface area is 174 Å². The minimum atomic E-state index is -3.82. The molecule has 0 amide bonds. The summed E-state index contributed by atoms with van der Waals surface area (Å²) in [7, 11) is -2.21. The molecule has 3 aromatic carbocycles. The molecular weight excluding hydrogens is 400 g/mol. The van der Waals surface area contributed by atoms with Gasteiger partial charge in [-0.05, 0) is 30.3 Å². The molecule has 0 fully saturated rings. The van der Waals surface area contributed by atoms with E-state index in [-0.39, 0.29) is 10.7 Å². The minimum absolute atomic E-state index is 0.132. The van der Waals surface area contributed by atoms with Crippen molar-refractivity contribution < 1.29 is 13.2 Å². The zero-order valence-corrected chi connectivity index (χ0v) is 17.1. The summed E-state index contributed by atoms with van der Waals surface area (Å²) in [4.78, 5) is 9.23. The highest BCUT2D eigenvalue weighted by atomic mass is 32.2.